The van der Waals surface area contributed by atoms with E-state index < -0.39 is 0 Å². The summed E-state index contributed by atoms with van der Waals surface area (Å²) in [5.41, 5.74) is 0. The maximum atomic E-state index is 10.2. The van der Waals surface area contributed by atoms with Gasteiger partial charge < -0.3 is 0 Å². The molecule has 0 aliphatic carbocycles. The molecule has 0 aromatic carbocycles. The molecule has 0 saturated carbocycles. The predicted molar refractivity (Wildman–Crippen MR) is 35.0 cm³/mol. The summed E-state index contributed by atoms with van der Waals surface area (Å²) in [6.45, 7) is 3.19. The Morgan fingerprint density at radius 2 is 2.00 bits per heavy atom. The van der Waals surface area contributed by atoms with E-state index in [0.29, 0.717) is 0 Å². The number of carbonyl (C=O) groups excluding carboxylic acids is 1. The third-order valence-electron chi connectivity index (χ3n) is 0.372. The maximum absolute atomic E-state index is 10.2. The van der Waals surface area contributed by atoms with Crippen LogP contribution < -0.4 is 0 Å². The summed E-state index contributed by atoms with van der Waals surface area (Å²) in [4.78, 5) is 10.2. The van der Waals surface area contributed by atoms with Crippen LogP contribution in [0, 0.1) is 0 Å². The van der Waals surface area contributed by atoms with Crippen molar-refractivity contribution in [1.82, 2.24) is 3.71 Å². The zero-order valence-corrected chi connectivity index (χ0v) is 8.22. The average molecular weight is 325 g/mol. The molecule has 1 amide bonds. The van der Waals surface area contributed by atoms with E-state index in [4.69, 9.17) is 0 Å². The largest absolute Gasteiger partial charge is 0.268 e. The van der Waals surface area contributed by atoms with Gasteiger partial charge >= 0.3 is 0 Å². The van der Waals surface area contributed by atoms with Crippen LogP contribution in [0.15, 0.2) is 12.7 Å². The number of rotatable bonds is 1. The second kappa shape index (κ2) is 5.68. The van der Waals surface area contributed by atoms with Crippen molar-refractivity contribution in [2.24, 2.45) is 0 Å². The number of hydrogen-bond donors (Lipinski definition) is 2. The fourth-order valence-electron chi connectivity index (χ4n) is 0.0816. The number of carbonyl (C=O) groups is 1. The molecular weight excluding hydrogens is 320 g/mol. The van der Waals surface area contributed by atoms with Gasteiger partial charge in [-0.05, 0) is 6.08 Å². The molecule has 0 rings (SSSR count). The molecule has 0 aliphatic heterocycles. The standard InChI is InChI=1S/C3H5NOS2.Os/c1-2-3(5)4(6)7;/h2,6-7H,1H2;. The van der Waals surface area contributed by atoms with Gasteiger partial charge in [0.05, 0.1) is 0 Å². The minimum atomic E-state index is -0.327. The normalized spacial score (nSPS) is 6.75. The zero-order valence-electron chi connectivity index (χ0n) is 3.89. The summed E-state index contributed by atoms with van der Waals surface area (Å²) in [5.74, 6) is -0.327. The van der Waals surface area contributed by atoms with Gasteiger partial charge in [-0.1, -0.05) is 32.2 Å². The molecular formula is C3H5NOOsS2. The van der Waals surface area contributed by atoms with Crippen molar-refractivity contribution in [3.63, 3.8) is 0 Å². The Morgan fingerprint density at radius 3 is 2.00 bits per heavy atom. The quantitative estimate of drug-likeness (QED) is 0.537. The first-order chi connectivity index (χ1) is 3.18. The van der Waals surface area contributed by atoms with Gasteiger partial charge in [0.2, 0.25) is 0 Å². The Hall–Kier alpha value is 0.546. The van der Waals surface area contributed by atoms with Gasteiger partial charge in [-0.2, -0.15) is 0 Å². The van der Waals surface area contributed by atoms with Crippen molar-refractivity contribution in [2.75, 3.05) is 0 Å². The first-order valence-electron chi connectivity index (χ1n) is 1.52. The topological polar surface area (TPSA) is 20.3 Å². The molecule has 0 spiro atoms. The Balaban J connectivity index is 0. The van der Waals surface area contributed by atoms with Gasteiger partial charge in [-0.3, -0.25) is 4.79 Å². The molecule has 2 nitrogen and oxygen atoms in total. The summed E-state index contributed by atoms with van der Waals surface area (Å²) in [5, 5.41) is 0. The van der Waals surface area contributed by atoms with Crippen LogP contribution in [0.5, 0.6) is 0 Å². The molecule has 0 aromatic rings. The van der Waals surface area contributed by atoms with E-state index in [9.17, 15) is 4.79 Å². The molecule has 0 aliphatic rings. The Bertz CT molecular complexity index is 95.3. The van der Waals surface area contributed by atoms with E-state index in [1.165, 1.54) is 0 Å². The summed E-state index contributed by atoms with van der Waals surface area (Å²) in [6.07, 6.45) is 1.12. The van der Waals surface area contributed by atoms with Crippen LogP contribution in [0.3, 0.4) is 0 Å². The molecule has 8 heavy (non-hydrogen) atoms. The Labute approximate surface area is 72.5 Å². The minimum Gasteiger partial charge on any atom is -0.268 e. The molecule has 0 aromatic heterocycles. The molecule has 0 heterocycles. The van der Waals surface area contributed by atoms with Gasteiger partial charge in [0.1, 0.15) is 0 Å². The molecule has 48 valence electrons. The van der Waals surface area contributed by atoms with Crippen molar-refractivity contribution >= 4 is 31.5 Å². The molecule has 0 atom stereocenters. The number of amides is 1. The van der Waals surface area contributed by atoms with Crippen LogP contribution in [0.1, 0.15) is 0 Å². The summed E-state index contributed by atoms with van der Waals surface area (Å²) in [7, 11) is 0. The average Bonchev–Trinajstić information content (AvgIpc) is 1.65. The molecule has 0 radical (unpaired) electrons. The Kier molecular flexibility index (Phi) is 8.06. The number of thiol groups is 2. The fourth-order valence-corrected chi connectivity index (χ4v) is 0.245. The number of hydrogen-bond acceptors (Lipinski definition) is 3. The molecule has 0 N–H and O–H groups in total. The van der Waals surface area contributed by atoms with Crippen LogP contribution in [-0.4, -0.2) is 9.62 Å². The maximum Gasteiger partial charge on any atom is 0.265 e. The van der Waals surface area contributed by atoms with E-state index in [0.717, 1.165) is 9.79 Å². The van der Waals surface area contributed by atoms with Gasteiger partial charge in [-0.25, -0.2) is 3.71 Å². The summed E-state index contributed by atoms with van der Waals surface area (Å²) < 4.78 is 0.854. The van der Waals surface area contributed by atoms with Crippen LogP contribution in [0.2, 0.25) is 0 Å². The van der Waals surface area contributed by atoms with E-state index in [1.54, 1.807) is 0 Å². The van der Waals surface area contributed by atoms with Gasteiger partial charge in [-0.15, -0.1) is 0 Å². The molecule has 0 saturated heterocycles. The summed E-state index contributed by atoms with van der Waals surface area (Å²) >= 11 is 7.10. The van der Waals surface area contributed by atoms with Crippen molar-refractivity contribution < 1.29 is 24.6 Å². The second-order valence-corrected chi connectivity index (χ2v) is 1.95. The number of nitrogens with zero attached hydrogens (tertiary/aromatic N) is 1. The third kappa shape index (κ3) is 4.70. The molecule has 0 unspecified atom stereocenters. The van der Waals surface area contributed by atoms with Crippen molar-refractivity contribution in [3.8, 4) is 0 Å². The SMILES string of the molecule is C=CC(=O)N(S)S.[Os]. The van der Waals surface area contributed by atoms with Gasteiger partial charge in [0.25, 0.3) is 5.91 Å². The van der Waals surface area contributed by atoms with Crippen molar-refractivity contribution in [2.45, 2.75) is 0 Å². The Morgan fingerprint density at radius 1 is 1.62 bits per heavy atom. The molecule has 0 fully saturated rings. The van der Waals surface area contributed by atoms with Gasteiger partial charge in [0.15, 0.2) is 0 Å². The van der Waals surface area contributed by atoms with Crippen LogP contribution in [0.25, 0.3) is 0 Å². The molecule has 0 bridgehead atoms. The third-order valence-corrected chi connectivity index (χ3v) is 0.766. The van der Waals surface area contributed by atoms with Crippen LogP contribution >= 0.6 is 25.6 Å². The van der Waals surface area contributed by atoms with E-state index >= 15 is 0 Å². The smallest absolute Gasteiger partial charge is 0.265 e. The van der Waals surface area contributed by atoms with Crippen molar-refractivity contribution in [3.05, 3.63) is 12.7 Å². The van der Waals surface area contributed by atoms with E-state index in [-0.39, 0.29) is 25.7 Å². The minimum absolute atomic E-state index is 0. The van der Waals surface area contributed by atoms with Crippen molar-refractivity contribution in [1.29, 1.82) is 0 Å². The van der Waals surface area contributed by atoms with Gasteiger partial charge in [0, 0.05) is 19.8 Å². The predicted octanol–water partition coefficient (Wildman–Crippen LogP) is 0.688. The van der Waals surface area contributed by atoms with E-state index in [2.05, 4.69) is 32.2 Å². The first kappa shape index (κ1) is 11.4. The van der Waals surface area contributed by atoms with E-state index in [1.807, 2.05) is 0 Å². The van der Waals surface area contributed by atoms with Crippen LogP contribution in [0.4, 0.5) is 0 Å². The fraction of sp³-hybridized carbons (Fsp3) is 0. The summed E-state index contributed by atoms with van der Waals surface area (Å²) in [6, 6.07) is 0. The first-order valence-corrected chi connectivity index (χ1v) is 2.32. The molecule has 5 heteroatoms. The second-order valence-electron chi connectivity index (χ2n) is 0.832. The van der Waals surface area contributed by atoms with Crippen LogP contribution in [-0.2, 0) is 24.6 Å². The monoisotopic (exact) mass is 327 g/mol. The zero-order chi connectivity index (χ0) is 5.86.